The predicted molar refractivity (Wildman–Crippen MR) is 88.9 cm³/mol. The maximum Gasteiger partial charge on any atom is 0.253 e. The molecule has 1 fully saturated rings. The largest absolute Gasteiger partial charge is 0.339 e. The van der Waals surface area contributed by atoms with E-state index in [1.165, 1.54) is 12.8 Å². The molecule has 0 bridgehead atoms. The second-order valence-electron chi connectivity index (χ2n) is 5.96. The second kappa shape index (κ2) is 7.97. The normalized spacial score (nSPS) is 14.8. The summed E-state index contributed by atoms with van der Waals surface area (Å²) >= 11 is 0. The summed E-state index contributed by atoms with van der Waals surface area (Å²) in [4.78, 5) is 26.2. The minimum absolute atomic E-state index is 0.0110. The van der Waals surface area contributed by atoms with Crippen molar-refractivity contribution >= 4 is 17.5 Å². The molecule has 4 nitrogen and oxygen atoms in total. The van der Waals surface area contributed by atoms with E-state index in [-0.39, 0.29) is 11.8 Å². The van der Waals surface area contributed by atoms with Gasteiger partial charge in [-0.15, -0.1) is 0 Å². The number of rotatable bonds is 6. The van der Waals surface area contributed by atoms with Crippen LogP contribution in [0.4, 0.5) is 5.69 Å². The molecule has 1 N–H and O–H groups in total. The number of amides is 2. The average molecular weight is 302 g/mol. The molecule has 0 spiro atoms. The number of carbonyl (C=O) groups is 2. The number of anilines is 1. The van der Waals surface area contributed by atoms with Crippen LogP contribution in [0.2, 0.25) is 0 Å². The number of nitrogens with zero attached hydrogens (tertiary/aromatic N) is 1. The van der Waals surface area contributed by atoms with Crippen molar-refractivity contribution in [2.24, 2.45) is 5.92 Å². The highest BCUT2D eigenvalue weighted by atomic mass is 16.2. The summed E-state index contributed by atoms with van der Waals surface area (Å²) in [5.74, 6) is 0.594. The van der Waals surface area contributed by atoms with E-state index in [1.807, 2.05) is 26.0 Å². The zero-order valence-electron chi connectivity index (χ0n) is 13.6. The van der Waals surface area contributed by atoms with Gasteiger partial charge >= 0.3 is 0 Å². The van der Waals surface area contributed by atoms with Crippen LogP contribution in [0.15, 0.2) is 24.3 Å². The van der Waals surface area contributed by atoms with Crippen LogP contribution in [0.3, 0.4) is 0 Å². The summed E-state index contributed by atoms with van der Waals surface area (Å²) in [5, 5.41) is 2.93. The molecule has 1 saturated carbocycles. The van der Waals surface area contributed by atoms with Crippen LogP contribution in [0.5, 0.6) is 0 Å². The van der Waals surface area contributed by atoms with Crippen LogP contribution in [-0.4, -0.2) is 29.8 Å². The Kier molecular flexibility index (Phi) is 5.99. The van der Waals surface area contributed by atoms with Crippen molar-refractivity contribution in [1.82, 2.24) is 4.90 Å². The molecule has 0 aromatic heterocycles. The molecular weight excluding hydrogens is 276 g/mol. The minimum atomic E-state index is 0.0110. The molecule has 0 saturated heterocycles. The molecule has 22 heavy (non-hydrogen) atoms. The van der Waals surface area contributed by atoms with E-state index in [4.69, 9.17) is 0 Å². The van der Waals surface area contributed by atoms with Crippen LogP contribution in [0.25, 0.3) is 0 Å². The lowest BCUT2D eigenvalue weighted by Crippen LogP contribution is -2.30. The van der Waals surface area contributed by atoms with Crippen molar-refractivity contribution in [2.45, 2.75) is 46.0 Å². The van der Waals surface area contributed by atoms with Gasteiger partial charge in [0.15, 0.2) is 0 Å². The van der Waals surface area contributed by atoms with Crippen molar-refractivity contribution in [3.05, 3.63) is 29.8 Å². The maximum absolute atomic E-state index is 12.3. The van der Waals surface area contributed by atoms with Crippen LogP contribution < -0.4 is 5.32 Å². The standard InChI is InChI=1S/C18H26N2O2/c1-3-20(4-2)18(22)15-10-7-11-16(13-15)19-17(21)12-14-8-5-6-9-14/h7,10-11,13-14H,3-6,8-9,12H2,1-2H3,(H,19,21). The molecule has 120 valence electrons. The van der Waals surface area contributed by atoms with E-state index in [1.54, 1.807) is 17.0 Å². The Morgan fingerprint density at radius 1 is 1.18 bits per heavy atom. The van der Waals surface area contributed by atoms with Gasteiger partial charge in [-0.2, -0.15) is 0 Å². The van der Waals surface area contributed by atoms with Gasteiger partial charge in [-0.05, 0) is 50.8 Å². The molecule has 4 heteroatoms. The molecule has 0 heterocycles. The monoisotopic (exact) mass is 302 g/mol. The first kappa shape index (κ1) is 16.5. The highest BCUT2D eigenvalue weighted by molar-refractivity contribution is 5.97. The topological polar surface area (TPSA) is 49.4 Å². The van der Waals surface area contributed by atoms with Gasteiger partial charge in [0, 0.05) is 30.8 Å². The summed E-state index contributed by atoms with van der Waals surface area (Å²) in [6, 6.07) is 7.23. The molecule has 0 aliphatic heterocycles. The summed E-state index contributed by atoms with van der Waals surface area (Å²) in [6.07, 6.45) is 5.40. The van der Waals surface area contributed by atoms with Crippen molar-refractivity contribution < 1.29 is 9.59 Å². The van der Waals surface area contributed by atoms with Crippen LogP contribution >= 0.6 is 0 Å². The molecule has 1 aliphatic rings. The molecule has 0 radical (unpaired) electrons. The Hall–Kier alpha value is -1.84. The Bertz CT molecular complexity index is 518. The van der Waals surface area contributed by atoms with Crippen LogP contribution in [0.1, 0.15) is 56.3 Å². The van der Waals surface area contributed by atoms with Gasteiger partial charge in [0.1, 0.15) is 0 Å². The fourth-order valence-electron chi connectivity index (χ4n) is 3.11. The molecule has 1 aliphatic carbocycles. The second-order valence-corrected chi connectivity index (χ2v) is 5.96. The van der Waals surface area contributed by atoms with E-state index < -0.39 is 0 Å². The number of hydrogen-bond acceptors (Lipinski definition) is 2. The Balaban J connectivity index is 1.98. The first-order valence-electron chi connectivity index (χ1n) is 8.33. The number of benzene rings is 1. The Labute approximate surface area is 132 Å². The van der Waals surface area contributed by atoms with Crippen molar-refractivity contribution in [3.63, 3.8) is 0 Å². The average Bonchev–Trinajstić information content (AvgIpc) is 3.01. The Morgan fingerprint density at radius 3 is 2.50 bits per heavy atom. The highest BCUT2D eigenvalue weighted by Gasteiger charge is 2.19. The maximum atomic E-state index is 12.3. The van der Waals surface area contributed by atoms with E-state index >= 15 is 0 Å². The fraction of sp³-hybridized carbons (Fsp3) is 0.556. The fourth-order valence-corrected chi connectivity index (χ4v) is 3.11. The van der Waals surface area contributed by atoms with Crippen molar-refractivity contribution in [3.8, 4) is 0 Å². The summed E-state index contributed by atoms with van der Waals surface area (Å²) in [6.45, 7) is 5.31. The Morgan fingerprint density at radius 2 is 1.86 bits per heavy atom. The van der Waals surface area contributed by atoms with Gasteiger partial charge in [-0.25, -0.2) is 0 Å². The number of nitrogens with one attached hydrogen (secondary N) is 1. The molecule has 1 aromatic rings. The van der Waals surface area contributed by atoms with Gasteiger partial charge in [0.2, 0.25) is 5.91 Å². The lowest BCUT2D eigenvalue weighted by molar-refractivity contribution is -0.117. The summed E-state index contributed by atoms with van der Waals surface area (Å²) in [7, 11) is 0. The van der Waals surface area contributed by atoms with E-state index in [0.29, 0.717) is 36.7 Å². The zero-order valence-corrected chi connectivity index (χ0v) is 13.6. The first-order chi connectivity index (χ1) is 10.6. The van der Waals surface area contributed by atoms with Crippen LogP contribution in [-0.2, 0) is 4.79 Å². The minimum Gasteiger partial charge on any atom is -0.339 e. The third-order valence-electron chi connectivity index (χ3n) is 4.39. The summed E-state index contributed by atoms with van der Waals surface area (Å²) in [5.41, 5.74) is 1.34. The van der Waals surface area contributed by atoms with E-state index in [0.717, 1.165) is 12.8 Å². The molecule has 0 unspecified atom stereocenters. The molecule has 0 atom stereocenters. The van der Waals surface area contributed by atoms with Crippen molar-refractivity contribution in [2.75, 3.05) is 18.4 Å². The van der Waals surface area contributed by atoms with Gasteiger partial charge < -0.3 is 10.2 Å². The van der Waals surface area contributed by atoms with Gasteiger partial charge in [0.05, 0.1) is 0 Å². The van der Waals surface area contributed by atoms with Crippen LogP contribution in [0, 0.1) is 5.92 Å². The number of hydrogen-bond donors (Lipinski definition) is 1. The molecule has 2 rings (SSSR count). The van der Waals surface area contributed by atoms with Gasteiger partial charge in [-0.3, -0.25) is 9.59 Å². The van der Waals surface area contributed by atoms with E-state index in [2.05, 4.69) is 5.32 Å². The van der Waals surface area contributed by atoms with Crippen molar-refractivity contribution in [1.29, 1.82) is 0 Å². The molecule has 1 aromatic carbocycles. The third kappa shape index (κ3) is 4.33. The lowest BCUT2D eigenvalue weighted by Gasteiger charge is -2.19. The highest BCUT2D eigenvalue weighted by Crippen LogP contribution is 2.27. The van der Waals surface area contributed by atoms with E-state index in [9.17, 15) is 9.59 Å². The number of carbonyl (C=O) groups excluding carboxylic acids is 2. The lowest BCUT2D eigenvalue weighted by atomic mass is 10.0. The third-order valence-corrected chi connectivity index (χ3v) is 4.39. The zero-order chi connectivity index (χ0) is 15.9. The molecular formula is C18H26N2O2. The first-order valence-corrected chi connectivity index (χ1v) is 8.33. The van der Waals surface area contributed by atoms with Gasteiger partial charge in [-0.1, -0.05) is 18.9 Å². The van der Waals surface area contributed by atoms with Gasteiger partial charge in [0.25, 0.3) is 5.91 Å². The summed E-state index contributed by atoms with van der Waals surface area (Å²) < 4.78 is 0. The SMILES string of the molecule is CCN(CC)C(=O)c1cccc(NC(=O)CC2CCCC2)c1. The predicted octanol–water partition coefficient (Wildman–Crippen LogP) is 3.69. The quantitative estimate of drug-likeness (QED) is 0.871. The molecule has 2 amide bonds. The smallest absolute Gasteiger partial charge is 0.253 e.